The third-order valence-corrected chi connectivity index (χ3v) is 4.30. The lowest BCUT2D eigenvalue weighted by Crippen LogP contribution is -2.33. The second kappa shape index (κ2) is 10.3. The van der Waals surface area contributed by atoms with E-state index in [9.17, 15) is 9.59 Å². The highest BCUT2D eigenvalue weighted by molar-refractivity contribution is 6.21. The number of nitrogens with one attached hydrogen (secondary N) is 1. The van der Waals surface area contributed by atoms with Crippen LogP contribution in [0.3, 0.4) is 0 Å². The highest BCUT2D eigenvalue weighted by atomic mass is 35.5. The smallest absolute Gasteiger partial charge is 0.335 e. The maximum Gasteiger partial charge on any atom is 0.335 e. The Labute approximate surface area is 175 Å². The molecular weight excluding hydrogens is 399 g/mol. The van der Waals surface area contributed by atoms with Gasteiger partial charge < -0.3 is 15.3 Å². The van der Waals surface area contributed by atoms with E-state index in [2.05, 4.69) is 10.2 Å². The van der Waals surface area contributed by atoms with Gasteiger partial charge in [-0.15, -0.1) is 23.2 Å². The molecule has 2 unspecified atom stereocenters. The number of carbonyl (C=O) groups is 2. The van der Waals surface area contributed by atoms with Crippen molar-refractivity contribution in [3.63, 3.8) is 0 Å². The molecule has 0 fully saturated rings. The van der Waals surface area contributed by atoms with Crippen molar-refractivity contribution in [1.29, 1.82) is 0 Å². The van der Waals surface area contributed by atoms with Crippen LogP contribution in [0.25, 0.3) is 0 Å². The highest BCUT2D eigenvalue weighted by Crippen LogP contribution is 2.19. The minimum Gasteiger partial charge on any atom is -0.478 e. The van der Waals surface area contributed by atoms with Crippen LogP contribution < -0.4 is 10.2 Å². The number of hydrogen-bond acceptors (Lipinski definition) is 3. The third-order valence-electron chi connectivity index (χ3n) is 4.03. The minimum absolute atomic E-state index is 0.00612. The van der Waals surface area contributed by atoms with Crippen molar-refractivity contribution in [1.82, 2.24) is 0 Å². The summed E-state index contributed by atoms with van der Waals surface area (Å²) in [6.07, 6.45) is 0.221. The number of halogens is 2. The van der Waals surface area contributed by atoms with Crippen molar-refractivity contribution in [2.24, 2.45) is 0 Å². The Hall–Kier alpha value is -2.24. The molecule has 7 heteroatoms. The number of benzene rings is 2. The largest absolute Gasteiger partial charge is 0.478 e. The van der Waals surface area contributed by atoms with E-state index in [-0.39, 0.29) is 28.6 Å². The zero-order valence-corrected chi connectivity index (χ0v) is 17.4. The van der Waals surface area contributed by atoms with Gasteiger partial charge in [-0.1, -0.05) is 12.1 Å². The first-order chi connectivity index (χ1) is 13.2. The quantitative estimate of drug-likeness (QED) is 0.578. The van der Waals surface area contributed by atoms with Gasteiger partial charge in [-0.2, -0.15) is 0 Å². The Morgan fingerprint density at radius 3 is 1.96 bits per heavy atom. The van der Waals surface area contributed by atoms with Crippen LogP contribution in [0.15, 0.2) is 48.5 Å². The monoisotopic (exact) mass is 422 g/mol. The number of nitrogens with zero attached hydrogens (tertiary/aromatic N) is 1. The molecule has 0 aliphatic rings. The fourth-order valence-electron chi connectivity index (χ4n) is 2.80. The van der Waals surface area contributed by atoms with Gasteiger partial charge in [0.05, 0.1) is 12.0 Å². The molecule has 150 valence electrons. The summed E-state index contributed by atoms with van der Waals surface area (Å²) in [5.41, 5.74) is 2.62. The number of carboxylic acids is 1. The second-order valence-electron chi connectivity index (χ2n) is 6.74. The lowest BCUT2D eigenvalue weighted by Gasteiger charge is -2.27. The predicted octanol–water partition coefficient (Wildman–Crippen LogP) is 4.63. The van der Waals surface area contributed by atoms with Crippen molar-refractivity contribution in [3.8, 4) is 0 Å². The SMILES string of the molecule is CC(Cl)CN(CC(C)Cl)c1ccc(CC(=O)Nc2ccc(C(=O)O)cc2)cc1. The molecule has 2 rings (SSSR count). The summed E-state index contributed by atoms with van der Waals surface area (Å²) in [7, 11) is 0. The Morgan fingerprint density at radius 2 is 1.50 bits per heavy atom. The molecular formula is C21H24Cl2N2O3. The number of rotatable bonds is 9. The summed E-state index contributed by atoms with van der Waals surface area (Å²) in [6.45, 7) is 5.25. The minimum atomic E-state index is -1.00. The van der Waals surface area contributed by atoms with Gasteiger partial charge in [0, 0.05) is 35.2 Å². The zero-order chi connectivity index (χ0) is 20.7. The maximum absolute atomic E-state index is 12.2. The van der Waals surface area contributed by atoms with E-state index >= 15 is 0 Å². The molecule has 1 amide bonds. The molecule has 0 saturated carbocycles. The van der Waals surface area contributed by atoms with Crippen LogP contribution in [-0.4, -0.2) is 40.8 Å². The molecule has 0 aliphatic heterocycles. The molecule has 2 atom stereocenters. The van der Waals surface area contributed by atoms with Crippen LogP contribution in [-0.2, 0) is 11.2 Å². The molecule has 0 aromatic heterocycles. The van der Waals surface area contributed by atoms with E-state index in [1.165, 1.54) is 12.1 Å². The van der Waals surface area contributed by atoms with Crippen molar-refractivity contribution < 1.29 is 14.7 Å². The zero-order valence-electron chi connectivity index (χ0n) is 15.9. The first-order valence-electron chi connectivity index (χ1n) is 9.00. The average molecular weight is 423 g/mol. The first kappa shape index (κ1) is 22.1. The number of carboxylic acid groups (broad SMARTS) is 1. The average Bonchev–Trinajstić information content (AvgIpc) is 2.61. The Bertz CT molecular complexity index is 780. The van der Waals surface area contributed by atoms with E-state index in [1.54, 1.807) is 12.1 Å². The van der Waals surface area contributed by atoms with Gasteiger partial charge in [-0.05, 0) is 55.8 Å². The van der Waals surface area contributed by atoms with Gasteiger partial charge in [-0.3, -0.25) is 4.79 Å². The standard InChI is InChI=1S/C21H24Cl2N2O3/c1-14(22)12-25(13-15(2)23)19-9-3-16(4-10-19)11-20(26)24-18-7-5-17(6-8-18)21(27)28/h3-10,14-15H,11-13H2,1-2H3,(H,24,26)(H,27,28). The summed E-state index contributed by atoms with van der Waals surface area (Å²) in [5, 5.41) is 11.7. The first-order valence-corrected chi connectivity index (χ1v) is 9.87. The van der Waals surface area contributed by atoms with Gasteiger partial charge in [0.1, 0.15) is 0 Å². The number of amides is 1. The normalized spacial score (nSPS) is 12.9. The van der Waals surface area contributed by atoms with Crippen molar-refractivity contribution in [2.45, 2.75) is 31.0 Å². The summed E-state index contributed by atoms with van der Waals surface area (Å²) < 4.78 is 0. The van der Waals surface area contributed by atoms with Crippen molar-refractivity contribution in [2.75, 3.05) is 23.3 Å². The van der Waals surface area contributed by atoms with Crippen molar-refractivity contribution >= 4 is 46.5 Å². The highest BCUT2D eigenvalue weighted by Gasteiger charge is 2.13. The topological polar surface area (TPSA) is 69.6 Å². The van der Waals surface area contributed by atoms with Gasteiger partial charge in [-0.25, -0.2) is 4.79 Å². The number of anilines is 2. The van der Waals surface area contributed by atoms with E-state index in [4.69, 9.17) is 28.3 Å². The molecule has 2 aromatic rings. The van der Waals surface area contributed by atoms with Gasteiger partial charge >= 0.3 is 5.97 Å². The molecule has 0 radical (unpaired) electrons. The summed E-state index contributed by atoms with van der Waals surface area (Å²) in [5.74, 6) is -1.17. The van der Waals surface area contributed by atoms with Gasteiger partial charge in [0.25, 0.3) is 0 Å². The van der Waals surface area contributed by atoms with Crippen LogP contribution in [0.4, 0.5) is 11.4 Å². The molecule has 2 N–H and O–H groups in total. The van der Waals surface area contributed by atoms with Crippen LogP contribution >= 0.6 is 23.2 Å². The van der Waals surface area contributed by atoms with E-state index in [0.29, 0.717) is 18.8 Å². The van der Waals surface area contributed by atoms with E-state index in [1.807, 2.05) is 38.1 Å². The van der Waals surface area contributed by atoms with Crippen molar-refractivity contribution in [3.05, 3.63) is 59.7 Å². The number of hydrogen-bond donors (Lipinski definition) is 2. The van der Waals surface area contributed by atoms with E-state index < -0.39 is 5.97 Å². The fraction of sp³-hybridized carbons (Fsp3) is 0.333. The molecule has 0 bridgehead atoms. The lowest BCUT2D eigenvalue weighted by atomic mass is 10.1. The Kier molecular flexibility index (Phi) is 8.15. The molecule has 0 heterocycles. The molecule has 5 nitrogen and oxygen atoms in total. The summed E-state index contributed by atoms with van der Waals surface area (Å²) in [6, 6.07) is 13.8. The van der Waals surface area contributed by atoms with E-state index in [0.717, 1.165) is 11.3 Å². The Balaban J connectivity index is 1.98. The number of carbonyl (C=O) groups excluding carboxylic acids is 1. The summed E-state index contributed by atoms with van der Waals surface area (Å²) in [4.78, 5) is 25.2. The lowest BCUT2D eigenvalue weighted by molar-refractivity contribution is -0.115. The maximum atomic E-state index is 12.2. The van der Waals surface area contributed by atoms with Crippen LogP contribution in [0.2, 0.25) is 0 Å². The predicted molar refractivity (Wildman–Crippen MR) is 115 cm³/mol. The molecule has 2 aromatic carbocycles. The fourth-order valence-corrected chi connectivity index (χ4v) is 3.14. The number of alkyl halides is 2. The van der Waals surface area contributed by atoms with Crippen LogP contribution in [0.1, 0.15) is 29.8 Å². The number of aromatic carboxylic acids is 1. The Morgan fingerprint density at radius 1 is 0.964 bits per heavy atom. The third kappa shape index (κ3) is 7.06. The van der Waals surface area contributed by atoms with Gasteiger partial charge in [0.2, 0.25) is 5.91 Å². The summed E-state index contributed by atoms with van der Waals surface area (Å²) >= 11 is 12.3. The molecule has 0 spiro atoms. The van der Waals surface area contributed by atoms with Gasteiger partial charge in [0.15, 0.2) is 0 Å². The second-order valence-corrected chi connectivity index (χ2v) is 8.23. The molecule has 28 heavy (non-hydrogen) atoms. The van der Waals surface area contributed by atoms with Crippen LogP contribution in [0, 0.1) is 0 Å². The van der Waals surface area contributed by atoms with Crippen LogP contribution in [0.5, 0.6) is 0 Å². The molecule has 0 aliphatic carbocycles. The molecule has 0 saturated heterocycles.